The maximum absolute atomic E-state index is 11.5. The Morgan fingerprint density at radius 1 is 1.30 bits per heavy atom. The van der Waals surface area contributed by atoms with Gasteiger partial charge in [-0.05, 0) is 32.8 Å². The number of aliphatic hydroxyl groups is 1. The summed E-state index contributed by atoms with van der Waals surface area (Å²) < 4.78 is 1.99. The molecular weight excluding hydrogens is 292 g/mol. The molecule has 0 atom stereocenters. The summed E-state index contributed by atoms with van der Waals surface area (Å²) in [5, 5.41) is 15.5. The van der Waals surface area contributed by atoms with E-state index >= 15 is 0 Å². The van der Waals surface area contributed by atoms with Crippen molar-refractivity contribution in [1.82, 2.24) is 19.6 Å². The fraction of sp³-hybridized carbons (Fsp3) is 0.765. The van der Waals surface area contributed by atoms with Gasteiger partial charge < -0.3 is 14.9 Å². The number of aromatic nitrogens is 2. The quantitative estimate of drug-likeness (QED) is 0.903. The molecule has 1 aromatic rings. The molecule has 0 bridgehead atoms. The molecule has 0 saturated carbocycles. The Labute approximate surface area is 138 Å². The molecule has 1 amide bonds. The number of carbonyl (C=O) groups is 1. The molecule has 2 aliphatic heterocycles. The average molecular weight is 320 g/mol. The first-order chi connectivity index (χ1) is 10.9. The third kappa shape index (κ3) is 3.58. The Balaban J connectivity index is 1.64. The minimum absolute atomic E-state index is 0.110. The fourth-order valence-corrected chi connectivity index (χ4v) is 3.65. The van der Waals surface area contributed by atoms with Gasteiger partial charge in [0.25, 0.3) is 0 Å². The lowest BCUT2D eigenvalue weighted by Gasteiger charge is -2.39. The van der Waals surface area contributed by atoms with Crippen LogP contribution in [0.3, 0.4) is 0 Å². The highest BCUT2D eigenvalue weighted by molar-refractivity contribution is 5.73. The van der Waals surface area contributed by atoms with Gasteiger partial charge in [0.15, 0.2) is 0 Å². The van der Waals surface area contributed by atoms with E-state index in [1.54, 1.807) is 6.92 Å². The van der Waals surface area contributed by atoms with Crippen molar-refractivity contribution in [2.24, 2.45) is 0 Å². The van der Waals surface area contributed by atoms with Crippen LogP contribution in [0.4, 0.5) is 0 Å². The predicted octanol–water partition coefficient (Wildman–Crippen LogP) is 1.02. The Hall–Kier alpha value is -1.40. The van der Waals surface area contributed by atoms with E-state index in [1.807, 2.05) is 9.58 Å². The smallest absolute Gasteiger partial charge is 0.219 e. The van der Waals surface area contributed by atoms with Crippen LogP contribution in [-0.2, 0) is 24.3 Å². The number of hydrogen-bond donors (Lipinski definition) is 1. The monoisotopic (exact) mass is 320 g/mol. The molecule has 0 unspecified atom stereocenters. The molecule has 0 spiro atoms. The number of likely N-dealkylation sites (tertiary alicyclic amines) is 1. The minimum atomic E-state index is -0.643. The summed E-state index contributed by atoms with van der Waals surface area (Å²) in [5.41, 5.74) is 1.38. The van der Waals surface area contributed by atoms with Crippen LogP contribution in [0.25, 0.3) is 0 Å². The largest absolute Gasteiger partial charge is 0.389 e. The molecule has 3 heterocycles. The van der Waals surface area contributed by atoms with Crippen LogP contribution in [0.2, 0.25) is 0 Å². The molecule has 1 aromatic heterocycles. The van der Waals surface area contributed by atoms with Crippen molar-refractivity contribution in [3.8, 4) is 0 Å². The third-order valence-corrected chi connectivity index (χ3v) is 5.26. The van der Waals surface area contributed by atoms with E-state index in [-0.39, 0.29) is 5.91 Å². The SMILES string of the molecule is CC(=O)N1CCn2nc(CC3(O)CCN(C(C)C)CC3)cc2C1. The Kier molecular flexibility index (Phi) is 4.47. The van der Waals surface area contributed by atoms with Crippen molar-refractivity contribution in [3.63, 3.8) is 0 Å². The van der Waals surface area contributed by atoms with Crippen molar-refractivity contribution in [2.75, 3.05) is 19.6 Å². The number of nitrogens with zero attached hydrogens (tertiary/aromatic N) is 4. The molecule has 2 aliphatic rings. The number of amides is 1. The van der Waals surface area contributed by atoms with Crippen molar-refractivity contribution in [1.29, 1.82) is 0 Å². The topological polar surface area (TPSA) is 61.6 Å². The van der Waals surface area contributed by atoms with Crippen LogP contribution in [-0.4, -0.2) is 61.9 Å². The van der Waals surface area contributed by atoms with Crippen LogP contribution in [0.5, 0.6) is 0 Å². The highest BCUT2D eigenvalue weighted by atomic mass is 16.3. The van der Waals surface area contributed by atoms with Crippen LogP contribution in [0, 0.1) is 0 Å². The maximum atomic E-state index is 11.5. The average Bonchev–Trinajstić information content (AvgIpc) is 2.87. The standard InChI is InChI=1S/C17H28N4O2/c1-13(2)19-6-4-17(23,5-7-19)11-15-10-16-12-20(14(3)22)8-9-21(16)18-15/h10,13,23H,4-9,11-12H2,1-3H3. The summed E-state index contributed by atoms with van der Waals surface area (Å²) in [4.78, 5) is 15.8. The molecule has 6 nitrogen and oxygen atoms in total. The van der Waals surface area contributed by atoms with Crippen molar-refractivity contribution in [3.05, 3.63) is 17.5 Å². The number of hydrogen-bond acceptors (Lipinski definition) is 4. The molecule has 3 rings (SSSR count). The van der Waals surface area contributed by atoms with E-state index in [9.17, 15) is 9.90 Å². The van der Waals surface area contributed by atoms with E-state index in [1.165, 1.54) is 0 Å². The molecule has 0 radical (unpaired) electrons. The van der Waals surface area contributed by atoms with Crippen LogP contribution in [0.1, 0.15) is 45.0 Å². The maximum Gasteiger partial charge on any atom is 0.219 e. The Morgan fingerprint density at radius 2 is 2.00 bits per heavy atom. The van der Waals surface area contributed by atoms with Gasteiger partial charge in [0.2, 0.25) is 5.91 Å². The van der Waals surface area contributed by atoms with Gasteiger partial charge in [-0.3, -0.25) is 9.48 Å². The minimum Gasteiger partial charge on any atom is -0.389 e. The molecule has 128 valence electrons. The summed E-state index contributed by atoms with van der Waals surface area (Å²) in [5.74, 6) is 0.110. The normalized spacial score (nSPS) is 21.5. The number of carbonyl (C=O) groups excluding carboxylic acids is 1. The summed E-state index contributed by atoms with van der Waals surface area (Å²) in [6.45, 7) is 9.99. The van der Waals surface area contributed by atoms with Crippen LogP contribution < -0.4 is 0 Å². The molecule has 1 saturated heterocycles. The molecule has 0 aromatic carbocycles. The third-order valence-electron chi connectivity index (χ3n) is 5.26. The van der Waals surface area contributed by atoms with Gasteiger partial charge in [-0.25, -0.2) is 0 Å². The number of rotatable bonds is 3. The van der Waals surface area contributed by atoms with Gasteiger partial charge in [0, 0.05) is 39.0 Å². The lowest BCUT2D eigenvalue weighted by Crippen LogP contribution is -2.47. The molecule has 1 fully saturated rings. The summed E-state index contributed by atoms with van der Waals surface area (Å²) in [7, 11) is 0. The van der Waals surface area contributed by atoms with Crippen molar-refractivity contribution < 1.29 is 9.90 Å². The van der Waals surface area contributed by atoms with Crippen molar-refractivity contribution in [2.45, 2.75) is 64.8 Å². The first kappa shape index (κ1) is 16.5. The molecule has 0 aliphatic carbocycles. The zero-order valence-electron chi connectivity index (χ0n) is 14.5. The lowest BCUT2D eigenvalue weighted by atomic mass is 9.86. The number of piperidine rings is 1. The van der Waals surface area contributed by atoms with Gasteiger partial charge in [-0.2, -0.15) is 5.10 Å². The van der Waals surface area contributed by atoms with Crippen molar-refractivity contribution >= 4 is 5.91 Å². The van der Waals surface area contributed by atoms with E-state index in [4.69, 9.17) is 0 Å². The van der Waals surface area contributed by atoms with Gasteiger partial charge in [0.1, 0.15) is 0 Å². The van der Waals surface area contributed by atoms with E-state index in [2.05, 4.69) is 29.9 Å². The molecule has 23 heavy (non-hydrogen) atoms. The second-order valence-corrected chi connectivity index (χ2v) is 7.32. The van der Waals surface area contributed by atoms with Crippen LogP contribution >= 0.6 is 0 Å². The van der Waals surface area contributed by atoms with Crippen LogP contribution in [0.15, 0.2) is 6.07 Å². The van der Waals surface area contributed by atoms with Gasteiger partial charge in [0.05, 0.1) is 30.1 Å². The van der Waals surface area contributed by atoms with E-state index in [0.29, 0.717) is 19.0 Å². The first-order valence-corrected chi connectivity index (χ1v) is 8.64. The zero-order chi connectivity index (χ0) is 16.6. The predicted molar refractivity (Wildman–Crippen MR) is 87.9 cm³/mol. The Bertz CT molecular complexity index is 573. The summed E-state index contributed by atoms with van der Waals surface area (Å²) in [6, 6.07) is 2.60. The number of fused-ring (bicyclic) bond motifs is 1. The van der Waals surface area contributed by atoms with Gasteiger partial charge in [-0.1, -0.05) is 0 Å². The highest BCUT2D eigenvalue weighted by Crippen LogP contribution is 2.27. The first-order valence-electron chi connectivity index (χ1n) is 8.64. The summed E-state index contributed by atoms with van der Waals surface area (Å²) in [6.07, 6.45) is 2.21. The van der Waals surface area contributed by atoms with E-state index in [0.717, 1.165) is 50.4 Å². The van der Waals surface area contributed by atoms with Gasteiger partial charge >= 0.3 is 0 Å². The van der Waals surface area contributed by atoms with Gasteiger partial charge in [-0.15, -0.1) is 0 Å². The Morgan fingerprint density at radius 3 is 2.61 bits per heavy atom. The molecule has 6 heteroatoms. The second kappa shape index (κ2) is 6.24. The lowest BCUT2D eigenvalue weighted by molar-refractivity contribution is -0.130. The summed E-state index contributed by atoms with van der Waals surface area (Å²) >= 11 is 0. The highest BCUT2D eigenvalue weighted by Gasteiger charge is 2.34. The molecular formula is C17H28N4O2. The fourth-order valence-electron chi connectivity index (χ4n) is 3.65. The molecule has 1 N–H and O–H groups in total. The zero-order valence-corrected chi connectivity index (χ0v) is 14.5. The second-order valence-electron chi connectivity index (χ2n) is 7.32. The van der Waals surface area contributed by atoms with E-state index < -0.39 is 5.60 Å².